The van der Waals surface area contributed by atoms with Crippen molar-refractivity contribution in [3.8, 4) is 0 Å². The average Bonchev–Trinajstić information content (AvgIpc) is 2.03. The Morgan fingerprint density at radius 1 is 1.31 bits per heavy atom. The quantitative estimate of drug-likeness (QED) is 0.661. The summed E-state index contributed by atoms with van der Waals surface area (Å²) in [6.45, 7) is 9.83. The molecule has 0 rings (SSSR count). The van der Waals surface area contributed by atoms with Crippen LogP contribution in [0, 0.1) is 0 Å². The van der Waals surface area contributed by atoms with Crippen molar-refractivity contribution in [3.05, 3.63) is 0 Å². The lowest BCUT2D eigenvalue weighted by Crippen LogP contribution is -2.42. The Balaban J connectivity index is 3.89. The van der Waals surface area contributed by atoms with E-state index in [9.17, 15) is 0 Å². The largest absolute Gasteiger partial charge is 0.381 e. The van der Waals surface area contributed by atoms with Gasteiger partial charge >= 0.3 is 0 Å². The van der Waals surface area contributed by atoms with E-state index in [1.165, 1.54) is 6.42 Å². The van der Waals surface area contributed by atoms with Gasteiger partial charge in [-0.15, -0.1) is 0 Å². The lowest BCUT2D eigenvalue weighted by molar-refractivity contribution is 0.0655. The van der Waals surface area contributed by atoms with Crippen LogP contribution < -0.4 is 5.32 Å². The van der Waals surface area contributed by atoms with Gasteiger partial charge in [0.25, 0.3) is 0 Å². The molecule has 0 aromatic heterocycles. The van der Waals surface area contributed by atoms with Crippen LogP contribution in [0.2, 0.25) is 0 Å². The van der Waals surface area contributed by atoms with Crippen molar-refractivity contribution in [2.75, 3.05) is 13.7 Å². The zero-order valence-corrected chi connectivity index (χ0v) is 9.81. The molecule has 1 atom stereocenters. The number of methoxy groups -OCH3 is 1. The maximum atomic E-state index is 5.43. The highest BCUT2D eigenvalue weighted by Crippen LogP contribution is 2.16. The number of hydrogen-bond donors (Lipinski definition) is 1. The standard InChI is InChI=1S/C11H25NO/c1-6-8-10(13-5)9-11(3,4)12-7-2/h10,12H,6-9H2,1-5H3. The second-order valence-electron chi connectivity index (χ2n) is 4.26. The summed E-state index contributed by atoms with van der Waals surface area (Å²) in [5.74, 6) is 0. The van der Waals surface area contributed by atoms with Gasteiger partial charge in [0.2, 0.25) is 0 Å². The molecule has 1 unspecified atom stereocenters. The lowest BCUT2D eigenvalue weighted by atomic mass is 9.94. The maximum Gasteiger partial charge on any atom is 0.0588 e. The van der Waals surface area contributed by atoms with Gasteiger partial charge in [-0.25, -0.2) is 0 Å². The molecular weight excluding hydrogens is 162 g/mol. The van der Waals surface area contributed by atoms with E-state index in [1.807, 2.05) is 7.11 Å². The molecule has 0 fully saturated rings. The fourth-order valence-corrected chi connectivity index (χ4v) is 1.75. The van der Waals surface area contributed by atoms with Gasteiger partial charge < -0.3 is 10.1 Å². The van der Waals surface area contributed by atoms with Crippen LogP contribution in [0.4, 0.5) is 0 Å². The van der Waals surface area contributed by atoms with E-state index in [-0.39, 0.29) is 5.54 Å². The molecule has 2 nitrogen and oxygen atoms in total. The first-order chi connectivity index (χ1) is 6.05. The third-order valence-corrected chi connectivity index (χ3v) is 2.34. The van der Waals surface area contributed by atoms with Crippen LogP contribution in [0.15, 0.2) is 0 Å². The molecule has 0 saturated carbocycles. The average molecular weight is 187 g/mol. The first kappa shape index (κ1) is 12.9. The predicted octanol–water partition coefficient (Wildman–Crippen LogP) is 2.58. The molecule has 0 heterocycles. The van der Waals surface area contributed by atoms with E-state index in [0.717, 1.165) is 19.4 Å². The Kier molecular flexibility index (Phi) is 6.35. The van der Waals surface area contributed by atoms with Crippen LogP contribution in [0.25, 0.3) is 0 Å². The summed E-state index contributed by atoms with van der Waals surface area (Å²) in [4.78, 5) is 0. The van der Waals surface area contributed by atoms with Crippen molar-refractivity contribution in [2.45, 2.75) is 58.6 Å². The Morgan fingerprint density at radius 3 is 2.31 bits per heavy atom. The molecular formula is C11H25NO. The molecule has 0 radical (unpaired) electrons. The van der Waals surface area contributed by atoms with Gasteiger partial charge in [0.05, 0.1) is 6.10 Å². The van der Waals surface area contributed by atoms with Crippen molar-refractivity contribution >= 4 is 0 Å². The van der Waals surface area contributed by atoms with Crippen LogP contribution in [-0.4, -0.2) is 25.3 Å². The minimum absolute atomic E-state index is 0.199. The second-order valence-corrected chi connectivity index (χ2v) is 4.26. The van der Waals surface area contributed by atoms with Crippen LogP contribution in [0.3, 0.4) is 0 Å². The topological polar surface area (TPSA) is 21.3 Å². The maximum absolute atomic E-state index is 5.43. The Hall–Kier alpha value is -0.0800. The van der Waals surface area contributed by atoms with Gasteiger partial charge in [-0.05, 0) is 33.2 Å². The van der Waals surface area contributed by atoms with Gasteiger partial charge in [-0.3, -0.25) is 0 Å². The van der Waals surface area contributed by atoms with Crippen LogP contribution >= 0.6 is 0 Å². The van der Waals surface area contributed by atoms with Crippen molar-refractivity contribution < 1.29 is 4.74 Å². The Labute approximate surface area is 83.1 Å². The highest BCUT2D eigenvalue weighted by Gasteiger charge is 2.21. The molecule has 0 aliphatic carbocycles. The molecule has 0 spiro atoms. The summed E-state index contributed by atoms with van der Waals surface area (Å²) in [6.07, 6.45) is 3.84. The van der Waals surface area contributed by atoms with Crippen molar-refractivity contribution in [3.63, 3.8) is 0 Å². The minimum atomic E-state index is 0.199. The Morgan fingerprint density at radius 2 is 1.92 bits per heavy atom. The highest BCUT2D eigenvalue weighted by molar-refractivity contribution is 4.80. The first-order valence-electron chi connectivity index (χ1n) is 5.33. The summed E-state index contributed by atoms with van der Waals surface area (Å²) in [7, 11) is 1.81. The molecule has 13 heavy (non-hydrogen) atoms. The van der Waals surface area contributed by atoms with Crippen molar-refractivity contribution in [1.82, 2.24) is 5.32 Å². The lowest BCUT2D eigenvalue weighted by Gasteiger charge is -2.29. The zero-order valence-electron chi connectivity index (χ0n) is 9.81. The van der Waals surface area contributed by atoms with Gasteiger partial charge in [0.15, 0.2) is 0 Å². The summed E-state index contributed by atoms with van der Waals surface area (Å²) >= 11 is 0. The van der Waals surface area contributed by atoms with Gasteiger partial charge in [0, 0.05) is 12.6 Å². The number of hydrogen-bond acceptors (Lipinski definition) is 2. The molecule has 0 bridgehead atoms. The van der Waals surface area contributed by atoms with E-state index in [0.29, 0.717) is 6.10 Å². The van der Waals surface area contributed by atoms with Crippen LogP contribution in [0.5, 0.6) is 0 Å². The fraction of sp³-hybridized carbons (Fsp3) is 1.00. The number of rotatable bonds is 7. The van der Waals surface area contributed by atoms with E-state index in [2.05, 4.69) is 33.0 Å². The monoisotopic (exact) mass is 187 g/mol. The van der Waals surface area contributed by atoms with Crippen LogP contribution in [-0.2, 0) is 4.74 Å². The van der Waals surface area contributed by atoms with Gasteiger partial charge in [-0.1, -0.05) is 20.3 Å². The normalized spacial score (nSPS) is 14.5. The van der Waals surface area contributed by atoms with E-state index in [4.69, 9.17) is 4.74 Å². The van der Waals surface area contributed by atoms with E-state index >= 15 is 0 Å². The van der Waals surface area contributed by atoms with Gasteiger partial charge in [-0.2, -0.15) is 0 Å². The summed E-state index contributed by atoms with van der Waals surface area (Å²) in [5.41, 5.74) is 0.199. The molecule has 0 aromatic rings. The molecule has 0 aliphatic heterocycles. The summed E-state index contributed by atoms with van der Waals surface area (Å²) in [6, 6.07) is 0. The second kappa shape index (κ2) is 6.39. The zero-order chi connectivity index (χ0) is 10.3. The molecule has 2 heteroatoms. The Bertz CT molecular complexity index is 123. The molecule has 0 aromatic carbocycles. The predicted molar refractivity (Wildman–Crippen MR) is 58.1 cm³/mol. The van der Waals surface area contributed by atoms with Gasteiger partial charge in [0.1, 0.15) is 0 Å². The number of ether oxygens (including phenoxy) is 1. The van der Waals surface area contributed by atoms with Crippen molar-refractivity contribution in [1.29, 1.82) is 0 Å². The number of nitrogens with one attached hydrogen (secondary N) is 1. The molecule has 80 valence electrons. The van der Waals surface area contributed by atoms with Crippen molar-refractivity contribution in [2.24, 2.45) is 0 Å². The fourth-order valence-electron chi connectivity index (χ4n) is 1.75. The van der Waals surface area contributed by atoms with E-state index < -0.39 is 0 Å². The third-order valence-electron chi connectivity index (χ3n) is 2.34. The molecule has 0 aliphatic rings. The SMILES string of the molecule is CCCC(CC(C)(C)NCC)OC. The molecule has 0 amide bonds. The molecule has 1 N–H and O–H groups in total. The molecule has 0 saturated heterocycles. The highest BCUT2D eigenvalue weighted by atomic mass is 16.5. The van der Waals surface area contributed by atoms with E-state index in [1.54, 1.807) is 0 Å². The summed E-state index contributed by atoms with van der Waals surface area (Å²) < 4.78 is 5.43. The third kappa shape index (κ3) is 6.05. The first-order valence-corrected chi connectivity index (χ1v) is 5.33. The van der Waals surface area contributed by atoms with Crippen LogP contribution in [0.1, 0.15) is 47.0 Å². The smallest absolute Gasteiger partial charge is 0.0588 e. The summed E-state index contributed by atoms with van der Waals surface area (Å²) in [5, 5.41) is 3.47. The minimum Gasteiger partial charge on any atom is -0.381 e.